The number of aromatic nitrogens is 3. The molecule has 0 N–H and O–H groups in total. The zero-order chi connectivity index (χ0) is 17.7. The lowest BCUT2D eigenvalue weighted by Gasteiger charge is -2.23. The number of anilines is 1. The Morgan fingerprint density at radius 1 is 1.15 bits per heavy atom. The molecule has 5 rings (SSSR count). The Morgan fingerprint density at radius 3 is 2.88 bits per heavy atom. The van der Waals surface area contributed by atoms with Crippen LogP contribution in [-0.2, 0) is 7.05 Å². The second-order valence-corrected chi connectivity index (χ2v) is 6.85. The van der Waals surface area contributed by atoms with E-state index >= 15 is 0 Å². The number of nitrogens with zero attached hydrogens (tertiary/aromatic N) is 4. The van der Waals surface area contributed by atoms with Gasteiger partial charge in [0.2, 0.25) is 0 Å². The maximum Gasteiger partial charge on any atom is 0.259 e. The molecule has 0 radical (unpaired) electrons. The maximum atomic E-state index is 13.5. The van der Waals surface area contributed by atoms with Gasteiger partial charge in [-0.25, -0.2) is 0 Å². The molecule has 2 aromatic heterocycles. The Labute approximate surface area is 150 Å². The number of aryl methyl sites for hydroxylation is 1. The standard InChI is InChI=1S/C21H18N4O/c1-24-12-10-17-18(3-2-4-20(17)24)21(26)25(15-5-6-15)16-7-8-19-14(13-16)9-11-22-23-19/h2-4,7-13,15H,5-6H2,1H3. The molecule has 0 saturated heterocycles. The quantitative estimate of drug-likeness (QED) is 0.567. The number of amides is 1. The molecular weight excluding hydrogens is 324 g/mol. The average Bonchev–Trinajstić information content (AvgIpc) is 3.44. The van der Waals surface area contributed by atoms with E-state index in [1.54, 1.807) is 6.20 Å². The molecule has 0 spiro atoms. The first-order valence-corrected chi connectivity index (χ1v) is 8.81. The molecule has 26 heavy (non-hydrogen) atoms. The molecule has 1 amide bonds. The van der Waals surface area contributed by atoms with Crippen molar-refractivity contribution in [3.05, 3.63) is 66.5 Å². The third-order valence-corrected chi connectivity index (χ3v) is 5.06. The molecule has 1 aliphatic carbocycles. The molecule has 0 unspecified atom stereocenters. The van der Waals surface area contributed by atoms with Crippen LogP contribution in [0.15, 0.2) is 60.9 Å². The lowest BCUT2D eigenvalue weighted by atomic mass is 10.1. The highest BCUT2D eigenvalue weighted by atomic mass is 16.2. The zero-order valence-electron chi connectivity index (χ0n) is 14.5. The molecule has 0 atom stereocenters. The van der Waals surface area contributed by atoms with Crippen LogP contribution in [0.4, 0.5) is 5.69 Å². The number of benzene rings is 2. The summed E-state index contributed by atoms with van der Waals surface area (Å²) < 4.78 is 2.04. The van der Waals surface area contributed by atoms with Crippen molar-refractivity contribution in [3.63, 3.8) is 0 Å². The second kappa shape index (κ2) is 5.66. The van der Waals surface area contributed by atoms with Gasteiger partial charge in [-0.15, -0.1) is 0 Å². The van der Waals surface area contributed by atoms with Crippen molar-refractivity contribution in [2.75, 3.05) is 4.90 Å². The third-order valence-electron chi connectivity index (χ3n) is 5.06. The van der Waals surface area contributed by atoms with Crippen LogP contribution >= 0.6 is 0 Å². The van der Waals surface area contributed by atoms with Gasteiger partial charge in [-0.05, 0) is 55.3 Å². The Hall–Kier alpha value is -3.21. The van der Waals surface area contributed by atoms with Gasteiger partial charge in [0, 0.05) is 46.8 Å². The molecule has 128 valence electrons. The molecule has 5 heteroatoms. The fourth-order valence-corrected chi connectivity index (χ4v) is 3.57. The highest BCUT2D eigenvalue weighted by Crippen LogP contribution is 2.35. The van der Waals surface area contributed by atoms with Crippen LogP contribution in [-0.4, -0.2) is 26.7 Å². The SMILES string of the molecule is Cn1ccc2c(C(=O)N(c3ccc4nnccc4c3)C3CC3)cccc21. The van der Waals surface area contributed by atoms with E-state index in [2.05, 4.69) is 10.2 Å². The van der Waals surface area contributed by atoms with E-state index in [0.717, 1.165) is 45.9 Å². The van der Waals surface area contributed by atoms with Crippen molar-refractivity contribution in [2.45, 2.75) is 18.9 Å². The predicted molar refractivity (Wildman–Crippen MR) is 102 cm³/mol. The first-order chi connectivity index (χ1) is 12.7. The van der Waals surface area contributed by atoms with Crippen molar-refractivity contribution in [3.8, 4) is 0 Å². The van der Waals surface area contributed by atoms with Gasteiger partial charge in [0.15, 0.2) is 0 Å². The highest BCUT2D eigenvalue weighted by molar-refractivity contribution is 6.14. The molecule has 1 fully saturated rings. The van der Waals surface area contributed by atoms with Crippen molar-refractivity contribution >= 4 is 33.4 Å². The van der Waals surface area contributed by atoms with Crippen molar-refractivity contribution in [2.24, 2.45) is 7.05 Å². The second-order valence-electron chi connectivity index (χ2n) is 6.85. The summed E-state index contributed by atoms with van der Waals surface area (Å²) in [7, 11) is 2.00. The van der Waals surface area contributed by atoms with Crippen LogP contribution < -0.4 is 4.90 Å². The molecule has 4 aromatic rings. The van der Waals surface area contributed by atoms with E-state index in [4.69, 9.17) is 0 Å². The van der Waals surface area contributed by atoms with Crippen LogP contribution in [0.25, 0.3) is 21.8 Å². The number of hydrogen-bond donors (Lipinski definition) is 0. The molecule has 1 saturated carbocycles. The van der Waals surface area contributed by atoms with Crippen molar-refractivity contribution in [1.82, 2.24) is 14.8 Å². The van der Waals surface area contributed by atoms with Gasteiger partial charge in [0.1, 0.15) is 0 Å². The fraction of sp³-hybridized carbons (Fsp3) is 0.190. The Morgan fingerprint density at radius 2 is 2.04 bits per heavy atom. The minimum absolute atomic E-state index is 0.0608. The van der Waals surface area contributed by atoms with Crippen molar-refractivity contribution < 1.29 is 4.79 Å². The van der Waals surface area contributed by atoms with Gasteiger partial charge in [0.25, 0.3) is 5.91 Å². The van der Waals surface area contributed by atoms with Gasteiger partial charge in [-0.1, -0.05) is 6.07 Å². The summed E-state index contributed by atoms with van der Waals surface area (Å²) in [4.78, 5) is 15.4. The molecule has 0 bridgehead atoms. The summed E-state index contributed by atoms with van der Waals surface area (Å²) in [6, 6.07) is 16.1. The van der Waals surface area contributed by atoms with Gasteiger partial charge < -0.3 is 9.47 Å². The topological polar surface area (TPSA) is 51.0 Å². The summed E-state index contributed by atoms with van der Waals surface area (Å²) in [5, 5.41) is 10.0. The molecule has 0 aliphatic heterocycles. The van der Waals surface area contributed by atoms with E-state index < -0.39 is 0 Å². The van der Waals surface area contributed by atoms with E-state index in [9.17, 15) is 4.79 Å². The van der Waals surface area contributed by atoms with E-state index in [1.165, 1.54) is 0 Å². The molecular formula is C21H18N4O. The van der Waals surface area contributed by atoms with Crippen LogP contribution in [0.5, 0.6) is 0 Å². The smallest absolute Gasteiger partial charge is 0.259 e. The van der Waals surface area contributed by atoms with E-state index in [0.29, 0.717) is 0 Å². The number of carbonyl (C=O) groups is 1. The van der Waals surface area contributed by atoms with Gasteiger partial charge >= 0.3 is 0 Å². The van der Waals surface area contributed by atoms with E-state index in [1.807, 2.05) is 71.2 Å². The molecule has 2 aromatic carbocycles. The maximum absolute atomic E-state index is 13.5. The number of hydrogen-bond acceptors (Lipinski definition) is 3. The molecule has 1 aliphatic rings. The van der Waals surface area contributed by atoms with Gasteiger partial charge in [0.05, 0.1) is 11.7 Å². The number of rotatable bonds is 3. The van der Waals surface area contributed by atoms with Crippen LogP contribution in [0.2, 0.25) is 0 Å². The Bertz CT molecular complexity index is 1140. The van der Waals surface area contributed by atoms with Crippen LogP contribution in [0.1, 0.15) is 23.2 Å². The predicted octanol–water partition coefficient (Wildman–Crippen LogP) is 3.93. The van der Waals surface area contributed by atoms with Gasteiger partial charge in [-0.3, -0.25) is 4.79 Å². The highest BCUT2D eigenvalue weighted by Gasteiger charge is 2.35. The largest absolute Gasteiger partial charge is 0.351 e. The van der Waals surface area contributed by atoms with Crippen LogP contribution in [0.3, 0.4) is 0 Å². The van der Waals surface area contributed by atoms with Crippen molar-refractivity contribution in [1.29, 1.82) is 0 Å². The molecule has 5 nitrogen and oxygen atoms in total. The summed E-state index contributed by atoms with van der Waals surface area (Å²) >= 11 is 0. The monoisotopic (exact) mass is 342 g/mol. The summed E-state index contributed by atoms with van der Waals surface area (Å²) in [6.45, 7) is 0. The average molecular weight is 342 g/mol. The summed E-state index contributed by atoms with van der Waals surface area (Å²) in [5.41, 5.74) is 3.58. The summed E-state index contributed by atoms with van der Waals surface area (Å²) in [5.74, 6) is 0.0608. The number of carbonyl (C=O) groups excluding carboxylic acids is 1. The van der Waals surface area contributed by atoms with Crippen LogP contribution in [0, 0.1) is 0 Å². The third kappa shape index (κ3) is 2.36. The molecule has 2 heterocycles. The zero-order valence-corrected chi connectivity index (χ0v) is 14.5. The Balaban J connectivity index is 1.63. The lowest BCUT2D eigenvalue weighted by molar-refractivity contribution is 0.0987. The van der Waals surface area contributed by atoms with E-state index in [-0.39, 0.29) is 11.9 Å². The van der Waals surface area contributed by atoms with Gasteiger partial charge in [-0.2, -0.15) is 10.2 Å². The summed E-state index contributed by atoms with van der Waals surface area (Å²) in [6.07, 6.45) is 5.77. The minimum atomic E-state index is 0.0608. The fourth-order valence-electron chi connectivity index (χ4n) is 3.57. The first kappa shape index (κ1) is 15.1. The minimum Gasteiger partial charge on any atom is -0.351 e. The number of fused-ring (bicyclic) bond motifs is 2. The first-order valence-electron chi connectivity index (χ1n) is 8.81. The normalized spacial score (nSPS) is 14.0. The lowest BCUT2D eigenvalue weighted by Crippen LogP contribution is -2.33. The Kier molecular flexibility index (Phi) is 3.28.